The highest BCUT2D eigenvalue weighted by Crippen LogP contribution is 2.35. The molecule has 1 aliphatic rings. The van der Waals surface area contributed by atoms with E-state index in [0.29, 0.717) is 10.9 Å². The van der Waals surface area contributed by atoms with Crippen LogP contribution in [0.15, 0.2) is 72.9 Å². The molecule has 41 heavy (non-hydrogen) atoms. The molecule has 4 aromatic rings. The molecule has 3 N–H and O–H groups in total. The van der Waals surface area contributed by atoms with Gasteiger partial charge in [0.25, 0.3) is 11.8 Å². The number of amides is 3. The van der Waals surface area contributed by atoms with Crippen LogP contribution < -0.4 is 16.0 Å². The van der Waals surface area contributed by atoms with Gasteiger partial charge in [-0.15, -0.1) is 5.10 Å². The van der Waals surface area contributed by atoms with Crippen LogP contribution in [0, 0.1) is 5.92 Å². The summed E-state index contributed by atoms with van der Waals surface area (Å²) in [5, 5.41) is 7.95. The van der Waals surface area contributed by atoms with Crippen LogP contribution in [0.25, 0.3) is 5.82 Å². The minimum Gasteiger partial charge on any atom is -0.444 e. The number of nitrogens with zero attached hydrogens (tertiary/aromatic N) is 4. The van der Waals surface area contributed by atoms with Gasteiger partial charge in [-0.1, -0.05) is 53.5 Å². The summed E-state index contributed by atoms with van der Waals surface area (Å²) in [5.41, 5.74) is 6.58. The van der Waals surface area contributed by atoms with Gasteiger partial charge in [0.15, 0.2) is 11.6 Å². The third-order valence-electron chi connectivity index (χ3n) is 6.64. The summed E-state index contributed by atoms with van der Waals surface area (Å²) >= 11 is 12.6. The summed E-state index contributed by atoms with van der Waals surface area (Å²) in [6, 6.07) is 18.0. The Hall–Kier alpha value is -4.41. The van der Waals surface area contributed by atoms with E-state index in [0.717, 1.165) is 28.0 Å². The number of pyridine rings is 1. The van der Waals surface area contributed by atoms with Gasteiger partial charge in [-0.05, 0) is 61.6 Å². The summed E-state index contributed by atoms with van der Waals surface area (Å²) in [4.78, 5) is 45.0. The van der Waals surface area contributed by atoms with Gasteiger partial charge in [0.1, 0.15) is 12.3 Å². The molecule has 12 heteroatoms. The number of carbonyl (C=O) groups excluding carboxylic acids is 3. The average Bonchev–Trinajstić information content (AvgIpc) is 3.73. The Balaban J connectivity index is 1.61. The molecule has 3 amide bonds. The zero-order valence-electron chi connectivity index (χ0n) is 22.0. The molecule has 1 saturated carbocycles. The largest absolute Gasteiger partial charge is 0.444 e. The molecule has 1 atom stereocenters. The predicted molar refractivity (Wildman–Crippen MR) is 155 cm³/mol. The highest BCUT2D eigenvalue weighted by molar-refractivity contribution is 6.32. The molecule has 0 bridgehead atoms. The molecule has 210 valence electrons. The second kappa shape index (κ2) is 12.0. The first-order valence-corrected chi connectivity index (χ1v) is 13.6. The zero-order chi connectivity index (χ0) is 29.1. The van der Waals surface area contributed by atoms with Crippen LogP contribution >= 0.6 is 23.2 Å². The van der Waals surface area contributed by atoms with Crippen molar-refractivity contribution in [1.82, 2.24) is 20.1 Å². The monoisotopic (exact) mass is 592 g/mol. The van der Waals surface area contributed by atoms with Gasteiger partial charge in [-0.25, -0.2) is 19.4 Å². The topological polar surface area (TPSA) is 132 Å². The molecule has 1 fully saturated rings. The van der Waals surface area contributed by atoms with Crippen molar-refractivity contribution in [3.05, 3.63) is 99.8 Å². The van der Waals surface area contributed by atoms with Gasteiger partial charge in [0.2, 0.25) is 0 Å². The lowest BCUT2D eigenvalue weighted by Crippen LogP contribution is -2.36. The van der Waals surface area contributed by atoms with E-state index in [2.05, 4.69) is 15.4 Å². The number of carbonyl (C=O) groups is 3. The van der Waals surface area contributed by atoms with Crippen molar-refractivity contribution in [2.75, 3.05) is 4.90 Å². The minimum absolute atomic E-state index is 0.0507. The van der Waals surface area contributed by atoms with Gasteiger partial charge in [0, 0.05) is 23.3 Å². The van der Waals surface area contributed by atoms with Crippen molar-refractivity contribution in [3.63, 3.8) is 0 Å². The van der Waals surface area contributed by atoms with Crippen LogP contribution in [0.1, 0.15) is 46.2 Å². The van der Waals surface area contributed by atoms with E-state index in [1.165, 1.54) is 30.5 Å². The predicted octanol–water partition coefficient (Wildman–Crippen LogP) is 5.68. The highest BCUT2D eigenvalue weighted by Gasteiger charge is 2.32. The molecule has 5 rings (SSSR count). The summed E-state index contributed by atoms with van der Waals surface area (Å²) in [5.74, 6) is -0.796. The fourth-order valence-electron chi connectivity index (χ4n) is 4.33. The number of rotatable bonds is 9. The van der Waals surface area contributed by atoms with Crippen molar-refractivity contribution < 1.29 is 19.1 Å². The van der Waals surface area contributed by atoms with E-state index in [9.17, 15) is 14.4 Å². The molecule has 1 aliphatic carbocycles. The molecule has 2 aromatic heterocycles. The highest BCUT2D eigenvalue weighted by atomic mass is 35.5. The Morgan fingerprint density at radius 3 is 2.54 bits per heavy atom. The number of benzene rings is 2. The SMILES string of the molecule is CC(NC(=O)c1cc(Cl)ccc1N(C(=O)OCc1ccccc1)c1cc(C(N)=O)n(-c2ncccc2Cl)n1)C1CC1. The number of hydrogen-bond donors (Lipinski definition) is 2. The molecule has 0 saturated heterocycles. The van der Waals surface area contributed by atoms with Gasteiger partial charge < -0.3 is 15.8 Å². The number of primary amides is 1. The molecular weight excluding hydrogens is 567 g/mol. The van der Waals surface area contributed by atoms with Crippen LogP contribution in [-0.4, -0.2) is 38.7 Å². The van der Waals surface area contributed by atoms with E-state index in [-0.39, 0.29) is 46.3 Å². The fraction of sp³-hybridized carbons (Fsp3) is 0.207. The second-order valence-corrected chi connectivity index (χ2v) is 10.5. The quantitative estimate of drug-likeness (QED) is 0.257. The number of anilines is 2. The van der Waals surface area contributed by atoms with Crippen LogP contribution in [0.3, 0.4) is 0 Å². The Morgan fingerprint density at radius 1 is 1.10 bits per heavy atom. The number of ether oxygens (including phenoxy) is 1. The molecule has 0 aliphatic heterocycles. The minimum atomic E-state index is -0.853. The van der Waals surface area contributed by atoms with E-state index >= 15 is 0 Å². The molecule has 2 aromatic carbocycles. The van der Waals surface area contributed by atoms with Gasteiger partial charge in [0.05, 0.1) is 16.3 Å². The Bertz CT molecular complexity index is 1610. The summed E-state index contributed by atoms with van der Waals surface area (Å²) in [7, 11) is 0. The van der Waals surface area contributed by atoms with Crippen molar-refractivity contribution in [3.8, 4) is 5.82 Å². The van der Waals surface area contributed by atoms with Crippen molar-refractivity contribution in [2.24, 2.45) is 11.7 Å². The third-order valence-corrected chi connectivity index (χ3v) is 7.17. The van der Waals surface area contributed by atoms with Crippen LogP contribution in [0.2, 0.25) is 10.0 Å². The number of hydrogen-bond acceptors (Lipinski definition) is 6. The van der Waals surface area contributed by atoms with Gasteiger partial charge in [-0.3, -0.25) is 9.59 Å². The van der Waals surface area contributed by atoms with Crippen LogP contribution in [-0.2, 0) is 11.3 Å². The molecule has 0 spiro atoms. The molecular formula is C29H26Cl2N6O4. The number of halogens is 2. The second-order valence-electron chi connectivity index (χ2n) is 9.61. The maximum atomic E-state index is 13.7. The van der Waals surface area contributed by atoms with Gasteiger partial charge in [-0.2, -0.15) is 0 Å². The first kappa shape index (κ1) is 28.1. The van der Waals surface area contributed by atoms with E-state index in [1.807, 2.05) is 25.1 Å². The fourth-order valence-corrected chi connectivity index (χ4v) is 4.70. The van der Waals surface area contributed by atoms with Crippen LogP contribution in [0.4, 0.5) is 16.3 Å². The van der Waals surface area contributed by atoms with E-state index in [4.69, 9.17) is 33.7 Å². The summed E-state index contributed by atoms with van der Waals surface area (Å²) in [6.07, 6.45) is 2.69. The average molecular weight is 593 g/mol. The smallest absolute Gasteiger partial charge is 0.420 e. The zero-order valence-corrected chi connectivity index (χ0v) is 23.5. The number of aromatic nitrogens is 3. The van der Waals surface area contributed by atoms with Crippen LogP contribution in [0.5, 0.6) is 0 Å². The van der Waals surface area contributed by atoms with Crippen molar-refractivity contribution in [2.45, 2.75) is 32.4 Å². The lowest BCUT2D eigenvalue weighted by Gasteiger charge is -2.23. The molecule has 1 unspecified atom stereocenters. The lowest BCUT2D eigenvalue weighted by molar-refractivity contribution is 0.0935. The number of nitrogens with two attached hydrogens (primary N) is 1. The van der Waals surface area contributed by atoms with Crippen molar-refractivity contribution in [1.29, 1.82) is 0 Å². The summed E-state index contributed by atoms with van der Waals surface area (Å²) < 4.78 is 6.79. The normalized spacial score (nSPS) is 13.3. The Kier molecular flexibility index (Phi) is 8.23. The first-order valence-electron chi connectivity index (χ1n) is 12.8. The maximum Gasteiger partial charge on any atom is 0.420 e. The lowest BCUT2D eigenvalue weighted by atomic mass is 10.1. The maximum absolute atomic E-state index is 13.7. The van der Waals surface area contributed by atoms with Gasteiger partial charge >= 0.3 is 6.09 Å². The third kappa shape index (κ3) is 6.34. The Morgan fingerprint density at radius 2 is 1.85 bits per heavy atom. The molecule has 0 radical (unpaired) electrons. The standard InChI is InChI=1S/C29H26Cl2N6O4/c1-17(19-9-10-19)34-28(39)21-14-20(30)11-12-23(21)36(29(40)41-16-18-6-3-2-4-7-18)25-15-24(26(32)38)37(35-25)27-22(31)8-5-13-33-27/h2-8,11-15,17,19H,9-10,16H2,1H3,(H2,32,38)(H,34,39). The molecule has 10 nitrogen and oxygen atoms in total. The van der Waals surface area contributed by atoms with E-state index in [1.54, 1.807) is 24.3 Å². The Labute approximate surface area is 246 Å². The van der Waals surface area contributed by atoms with E-state index < -0.39 is 17.9 Å². The van der Waals surface area contributed by atoms with Crippen molar-refractivity contribution >= 4 is 52.6 Å². The first-order chi connectivity index (χ1) is 19.7. The molecule has 2 heterocycles. The summed E-state index contributed by atoms with van der Waals surface area (Å²) in [6.45, 7) is 1.88. The number of nitrogens with one attached hydrogen (secondary N) is 1.